The summed E-state index contributed by atoms with van der Waals surface area (Å²) >= 11 is 5.78. The van der Waals surface area contributed by atoms with Gasteiger partial charge in [0.05, 0.1) is 0 Å². The largest absolute Gasteiger partial charge is 0.483 e. The number of ether oxygens (including phenoxy) is 1. The van der Waals surface area contributed by atoms with Crippen molar-refractivity contribution in [3.63, 3.8) is 0 Å². The highest BCUT2D eigenvalue weighted by Gasteiger charge is 2.01. The minimum atomic E-state index is -0.116. The van der Waals surface area contributed by atoms with Crippen molar-refractivity contribution in [3.8, 4) is 5.75 Å². The van der Waals surface area contributed by atoms with E-state index < -0.39 is 0 Å². The number of rotatable bonds is 3. The maximum absolute atomic E-state index is 11.5. The Morgan fingerprint density at radius 3 is 2.65 bits per heavy atom. The first-order valence-electron chi connectivity index (χ1n) is 5.22. The number of hydrogen-bond donors (Lipinski definition) is 1. The van der Waals surface area contributed by atoms with Crippen LogP contribution in [-0.2, 0) is 6.61 Å². The summed E-state index contributed by atoms with van der Waals surface area (Å²) < 4.78 is 5.43. The van der Waals surface area contributed by atoms with E-state index in [2.05, 4.69) is 4.98 Å². The lowest BCUT2D eigenvalue weighted by molar-refractivity contribution is 0.302. The third-order valence-corrected chi connectivity index (χ3v) is 2.58. The van der Waals surface area contributed by atoms with Gasteiger partial charge in [0.15, 0.2) is 5.75 Å². The average Bonchev–Trinajstić information content (AvgIpc) is 2.30. The van der Waals surface area contributed by atoms with Gasteiger partial charge < -0.3 is 9.72 Å². The van der Waals surface area contributed by atoms with E-state index in [1.807, 2.05) is 19.1 Å². The second kappa shape index (κ2) is 5.06. The molecule has 1 aromatic heterocycles. The highest BCUT2D eigenvalue weighted by molar-refractivity contribution is 6.30. The van der Waals surface area contributed by atoms with Crippen molar-refractivity contribution in [1.82, 2.24) is 4.98 Å². The Kier molecular flexibility index (Phi) is 3.49. The fourth-order valence-electron chi connectivity index (χ4n) is 1.41. The van der Waals surface area contributed by atoms with Crippen molar-refractivity contribution in [2.24, 2.45) is 0 Å². The fourth-order valence-corrected chi connectivity index (χ4v) is 1.54. The summed E-state index contributed by atoms with van der Waals surface area (Å²) in [4.78, 5) is 14.5. The van der Waals surface area contributed by atoms with Crippen LogP contribution in [0.3, 0.4) is 0 Å². The molecule has 0 aliphatic rings. The van der Waals surface area contributed by atoms with Crippen molar-refractivity contribution < 1.29 is 4.74 Å². The molecule has 0 saturated carbocycles. The number of H-pyrrole nitrogens is 1. The minimum Gasteiger partial charge on any atom is -0.483 e. The van der Waals surface area contributed by atoms with Crippen LogP contribution < -0.4 is 10.2 Å². The Bertz CT molecular complexity index is 560. The molecule has 2 aromatic rings. The minimum absolute atomic E-state index is 0.116. The van der Waals surface area contributed by atoms with Crippen LogP contribution in [0.1, 0.15) is 11.3 Å². The molecule has 1 N–H and O–H groups in total. The zero-order chi connectivity index (χ0) is 12.3. The molecule has 0 bridgehead atoms. The topological polar surface area (TPSA) is 42.1 Å². The first kappa shape index (κ1) is 11.7. The third kappa shape index (κ3) is 3.11. The Morgan fingerprint density at radius 1 is 1.29 bits per heavy atom. The maximum atomic E-state index is 11.5. The van der Waals surface area contributed by atoms with E-state index in [0.29, 0.717) is 17.4 Å². The summed E-state index contributed by atoms with van der Waals surface area (Å²) in [6, 6.07) is 8.83. The second-order valence-corrected chi connectivity index (χ2v) is 4.20. The first-order chi connectivity index (χ1) is 8.15. The van der Waals surface area contributed by atoms with E-state index in [1.165, 1.54) is 6.07 Å². The predicted octanol–water partition coefficient (Wildman–Crippen LogP) is 2.92. The van der Waals surface area contributed by atoms with Crippen LogP contribution in [0.4, 0.5) is 0 Å². The van der Waals surface area contributed by atoms with Gasteiger partial charge in [0.25, 0.3) is 0 Å². The van der Waals surface area contributed by atoms with Gasteiger partial charge in [-0.3, -0.25) is 4.79 Å². The Hall–Kier alpha value is -1.74. The molecule has 0 spiro atoms. The number of nitrogens with one attached hydrogen (secondary N) is 1. The average molecular weight is 250 g/mol. The molecule has 3 nitrogen and oxygen atoms in total. The van der Waals surface area contributed by atoms with Gasteiger partial charge in [-0.25, -0.2) is 0 Å². The Balaban J connectivity index is 2.07. The molecule has 0 unspecified atom stereocenters. The molecule has 0 fully saturated rings. The van der Waals surface area contributed by atoms with Crippen molar-refractivity contribution in [2.45, 2.75) is 13.5 Å². The van der Waals surface area contributed by atoms with Crippen molar-refractivity contribution in [1.29, 1.82) is 0 Å². The van der Waals surface area contributed by atoms with Gasteiger partial charge in [-0.15, -0.1) is 0 Å². The fraction of sp³-hybridized carbons (Fsp3) is 0.154. The quantitative estimate of drug-likeness (QED) is 0.909. The van der Waals surface area contributed by atoms with E-state index in [1.54, 1.807) is 18.3 Å². The summed E-state index contributed by atoms with van der Waals surface area (Å²) in [5, 5.41) is 0.682. The normalized spacial score (nSPS) is 10.2. The summed E-state index contributed by atoms with van der Waals surface area (Å²) in [6.07, 6.45) is 1.58. The molecule has 0 radical (unpaired) electrons. The molecule has 1 aromatic carbocycles. The first-order valence-corrected chi connectivity index (χ1v) is 5.59. The lowest BCUT2D eigenvalue weighted by Crippen LogP contribution is -2.08. The molecular formula is C13H12ClNO2. The van der Waals surface area contributed by atoms with Crippen LogP contribution in [0.25, 0.3) is 0 Å². The molecular weight excluding hydrogens is 238 g/mol. The summed E-state index contributed by atoms with van der Waals surface area (Å²) in [6.45, 7) is 2.17. The van der Waals surface area contributed by atoms with Crippen LogP contribution in [0, 0.1) is 6.92 Å². The molecule has 2 rings (SSSR count). The zero-order valence-corrected chi connectivity index (χ0v) is 10.1. The zero-order valence-electron chi connectivity index (χ0n) is 9.37. The molecule has 88 valence electrons. The van der Waals surface area contributed by atoms with Crippen molar-refractivity contribution >= 4 is 11.6 Å². The number of hydrogen-bond acceptors (Lipinski definition) is 2. The molecule has 0 aliphatic carbocycles. The van der Waals surface area contributed by atoms with Crippen LogP contribution in [-0.4, -0.2) is 4.98 Å². The molecule has 1 heterocycles. The highest BCUT2D eigenvalue weighted by atomic mass is 35.5. The molecule has 0 atom stereocenters. The lowest BCUT2D eigenvalue weighted by atomic mass is 10.2. The monoisotopic (exact) mass is 249 g/mol. The van der Waals surface area contributed by atoms with Crippen molar-refractivity contribution in [2.75, 3.05) is 0 Å². The molecule has 0 aliphatic heterocycles. The van der Waals surface area contributed by atoms with E-state index in [0.717, 1.165) is 11.3 Å². The summed E-state index contributed by atoms with van der Waals surface area (Å²) in [5.74, 6) is 0.325. The van der Waals surface area contributed by atoms with Gasteiger partial charge in [-0.2, -0.15) is 0 Å². The third-order valence-electron chi connectivity index (χ3n) is 2.33. The van der Waals surface area contributed by atoms with Gasteiger partial charge >= 0.3 is 0 Å². The smallest absolute Gasteiger partial charge is 0.223 e. The SMILES string of the molecule is Cc1cc(=O)c(OCc2ccc(Cl)cc2)c[nH]1. The number of benzene rings is 1. The number of pyridine rings is 1. The van der Waals surface area contributed by atoms with Crippen LogP contribution in [0.5, 0.6) is 5.75 Å². The number of aromatic nitrogens is 1. The van der Waals surface area contributed by atoms with Gasteiger partial charge in [0.2, 0.25) is 5.43 Å². The molecule has 0 saturated heterocycles. The number of aryl methyl sites for hydroxylation is 1. The van der Waals surface area contributed by atoms with E-state index in [9.17, 15) is 4.79 Å². The van der Waals surface area contributed by atoms with Gasteiger partial charge in [-0.1, -0.05) is 23.7 Å². The van der Waals surface area contributed by atoms with E-state index in [4.69, 9.17) is 16.3 Å². The summed E-state index contributed by atoms with van der Waals surface area (Å²) in [5.41, 5.74) is 1.67. The van der Waals surface area contributed by atoms with Crippen LogP contribution in [0.15, 0.2) is 41.3 Å². The number of aromatic amines is 1. The van der Waals surface area contributed by atoms with Gasteiger partial charge in [-0.05, 0) is 24.6 Å². The maximum Gasteiger partial charge on any atom is 0.223 e. The van der Waals surface area contributed by atoms with Crippen LogP contribution in [0.2, 0.25) is 5.02 Å². The highest BCUT2D eigenvalue weighted by Crippen LogP contribution is 2.11. The van der Waals surface area contributed by atoms with Gasteiger partial charge in [0, 0.05) is 23.0 Å². The number of halogens is 1. The van der Waals surface area contributed by atoms with Gasteiger partial charge in [0.1, 0.15) is 6.61 Å². The van der Waals surface area contributed by atoms with E-state index in [-0.39, 0.29) is 5.43 Å². The molecule has 4 heteroatoms. The summed E-state index contributed by atoms with van der Waals surface area (Å²) in [7, 11) is 0. The second-order valence-electron chi connectivity index (χ2n) is 3.76. The predicted molar refractivity (Wildman–Crippen MR) is 67.6 cm³/mol. The molecule has 0 amide bonds. The lowest BCUT2D eigenvalue weighted by Gasteiger charge is -2.05. The van der Waals surface area contributed by atoms with Crippen LogP contribution >= 0.6 is 11.6 Å². The Morgan fingerprint density at radius 2 is 2.00 bits per heavy atom. The molecule has 17 heavy (non-hydrogen) atoms. The van der Waals surface area contributed by atoms with Crippen molar-refractivity contribution in [3.05, 3.63) is 63.0 Å². The standard InChI is InChI=1S/C13H12ClNO2/c1-9-6-12(16)13(7-15-9)17-8-10-2-4-11(14)5-3-10/h2-7H,8H2,1H3,(H,15,16). The Labute approximate surface area is 104 Å². The van der Waals surface area contributed by atoms with E-state index >= 15 is 0 Å².